The van der Waals surface area contributed by atoms with Crippen LogP contribution in [0.5, 0.6) is 0 Å². The Morgan fingerprint density at radius 3 is 2.17 bits per heavy atom. The standard InChI is InChI=1S/C23H26Cl3N3O6/c24-16-2-1-3-17(25)21(16)29-15(14-31)12-19(32)20-22(29)18(26)13-28-23(20)27-4-6-33-8-10-35-11-9-34-7-5-30/h1-3,12-13,30-31H,4-11,14H2,(H,27,28). The average molecular weight is 547 g/mol. The maximum absolute atomic E-state index is 13.0. The van der Waals surface area contributed by atoms with E-state index in [0.29, 0.717) is 66.6 Å². The normalized spacial score (nSPS) is 11.3. The Morgan fingerprint density at radius 1 is 0.914 bits per heavy atom. The monoisotopic (exact) mass is 545 g/mol. The van der Waals surface area contributed by atoms with Crippen molar-refractivity contribution in [2.45, 2.75) is 6.61 Å². The molecule has 3 N–H and O–H groups in total. The molecule has 1 aromatic carbocycles. The first-order valence-electron chi connectivity index (χ1n) is 10.9. The van der Waals surface area contributed by atoms with Gasteiger partial charge in [0.2, 0.25) is 0 Å². The highest BCUT2D eigenvalue weighted by atomic mass is 35.5. The van der Waals surface area contributed by atoms with Crippen LogP contribution in [0.4, 0.5) is 5.82 Å². The Balaban J connectivity index is 1.75. The van der Waals surface area contributed by atoms with Crippen molar-refractivity contribution in [3.63, 3.8) is 0 Å². The number of aliphatic hydroxyl groups is 2. The minimum absolute atomic E-state index is 0.0158. The van der Waals surface area contributed by atoms with Gasteiger partial charge in [0.25, 0.3) is 0 Å². The summed E-state index contributed by atoms with van der Waals surface area (Å²) in [4.78, 5) is 17.3. The number of rotatable bonds is 14. The molecule has 0 saturated carbocycles. The third-order valence-electron chi connectivity index (χ3n) is 4.90. The van der Waals surface area contributed by atoms with Gasteiger partial charge in [-0.3, -0.25) is 4.79 Å². The maximum Gasteiger partial charge on any atom is 0.193 e. The van der Waals surface area contributed by atoms with Gasteiger partial charge in [-0.2, -0.15) is 0 Å². The molecule has 0 saturated heterocycles. The number of para-hydroxylation sites is 1. The van der Waals surface area contributed by atoms with Crippen LogP contribution in [0.2, 0.25) is 15.1 Å². The molecule has 0 spiro atoms. The molecule has 12 heteroatoms. The number of aliphatic hydroxyl groups excluding tert-OH is 2. The number of halogens is 3. The van der Waals surface area contributed by atoms with E-state index in [1.807, 2.05) is 0 Å². The first-order chi connectivity index (χ1) is 17.0. The Hall–Kier alpha value is -1.95. The summed E-state index contributed by atoms with van der Waals surface area (Å²) in [6.45, 7) is 2.16. The smallest absolute Gasteiger partial charge is 0.193 e. The van der Waals surface area contributed by atoms with E-state index in [2.05, 4.69) is 10.3 Å². The van der Waals surface area contributed by atoms with Crippen LogP contribution < -0.4 is 10.7 Å². The topological polar surface area (TPSA) is 115 Å². The van der Waals surface area contributed by atoms with Crippen LogP contribution in [0.15, 0.2) is 35.3 Å². The van der Waals surface area contributed by atoms with Gasteiger partial charge in [-0.25, -0.2) is 4.98 Å². The lowest BCUT2D eigenvalue weighted by Crippen LogP contribution is -2.18. The molecule has 0 atom stereocenters. The van der Waals surface area contributed by atoms with Crippen molar-refractivity contribution in [3.8, 4) is 5.69 Å². The second-order valence-corrected chi connectivity index (χ2v) is 8.45. The number of pyridine rings is 2. The zero-order valence-corrected chi connectivity index (χ0v) is 21.1. The molecular weight excluding hydrogens is 521 g/mol. The van der Waals surface area contributed by atoms with Gasteiger partial charge in [-0.15, -0.1) is 0 Å². The van der Waals surface area contributed by atoms with E-state index in [-0.39, 0.29) is 34.7 Å². The van der Waals surface area contributed by atoms with E-state index in [9.17, 15) is 9.90 Å². The first-order valence-corrected chi connectivity index (χ1v) is 12.0. The zero-order valence-electron chi connectivity index (χ0n) is 18.8. The van der Waals surface area contributed by atoms with Crippen LogP contribution in [0.3, 0.4) is 0 Å². The molecule has 3 rings (SSSR count). The summed E-state index contributed by atoms with van der Waals surface area (Å²) in [5.74, 6) is 0.316. The summed E-state index contributed by atoms with van der Waals surface area (Å²) < 4.78 is 17.6. The molecule has 2 aromatic heterocycles. The summed E-state index contributed by atoms with van der Waals surface area (Å²) in [7, 11) is 0. The second-order valence-electron chi connectivity index (χ2n) is 7.23. The predicted octanol–water partition coefficient (Wildman–Crippen LogP) is 3.29. The first kappa shape index (κ1) is 27.6. The van der Waals surface area contributed by atoms with Gasteiger partial charge in [0.1, 0.15) is 5.82 Å². The van der Waals surface area contributed by atoms with Gasteiger partial charge in [0.15, 0.2) is 5.43 Å². The van der Waals surface area contributed by atoms with Crippen LogP contribution in [0, 0.1) is 0 Å². The number of nitrogens with zero attached hydrogens (tertiary/aromatic N) is 2. The molecule has 190 valence electrons. The fraction of sp³-hybridized carbons (Fsp3) is 0.391. The number of ether oxygens (including phenoxy) is 3. The minimum atomic E-state index is -0.433. The lowest BCUT2D eigenvalue weighted by Gasteiger charge is -2.20. The molecule has 0 amide bonds. The Labute approximate surface area is 217 Å². The van der Waals surface area contributed by atoms with Gasteiger partial charge in [0.05, 0.1) is 96.4 Å². The van der Waals surface area contributed by atoms with Crippen molar-refractivity contribution >= 4 is 51.5 Å². The van der Waals surface area contributed by atoms with Gasteiger partial charge in [-0.05, 0) is 12.1 Å². The van der Waals surface area contributed by atoms with Crippen LogP contribution in [0.25, 0.3) is 16.6 Å². The molecule has 0 aliphatic carbocycles. The summed E-state index contributed by atoms with van der Waals surface area (Å²) in [6.07, 6.45) is 1.42. The molecule has 2 heterocycles. The van der Waals surface area contributed by atoms with E-state index >= 15 is 0 Å². The number of aromatic nitrogens is 2. The third kappa shape index (κ3) is 7.05. The zero-order chi connectivity index (χ0) is 25.2. The fourth-order valence-electron chi connectivity index (χ4n) is 3.42. The highest BCUT2D eigenvalue weighted by Gasteiger charge is 2.20. The molecule has 0 unspecified atom stereocenters. The summed E-state index contributed by atoms with van der Waals surface area (Å²) in [6, 6.07) is 6.32. The fourth-order valence-corrected chi connectivity index (χ4v) is 4.21. The minimum Gasteiger partial charge on any atom is -0.394 e. The molecule has 9 nitrogen and oxygen atoms in total. The van der Waals surface area contributed by atoms with Crippen molar-refractivity contribution in [1.82, 2.24) is 9.55 Å². The van der Waals surface area contributed by atoms with E-state index in [1.165, 1.54) is 12.3 Å². The van der Waals surface area contributed by atoms with Crippen molar-refractivity contribution in [2.24, 2.45) is 0 Å². The second kappa shape index (κ2) is 14.0. The molecule has 0 aliphatic heterocycles. The molecule has 0 bridgehead atoms. The number of benzene rings is 1. The number of hydrogen-bond acceptors (Lipinski definition) is 8. The van der Waals surface area contributed by atoms with E-state index in [1.54, 1.807) is 22.8 Å². The molecule has 3 aromatic rings. The molecular formula is C23H26Cl3N3O6. The van der Waals surface area contributed by atoms with Gasteiger partial charge in [-0.1, -0.05) is 40.9 Å². The quantitative estimate of drug-likeness (QED) is 0.264. The van der Waals surface area contributed by atoms with Crippen molar-refractivity contribution in [2.75, 3.05) is 58.1 Å². The summed E-state index contributed by atoms with van der Waals surface area (Å²) in [5.41, 5.74) is 0.642. The lowest BCUT2D eigenvalue weighted by atomic mass is 10.1. The third-order valence-corrected chi connectivity index (χ3v) is 5.79. The predicted molar refractivity (Wildman–Crippen MR) is 136 cm³/mol. The summed E-state index contributed by atoms with van der Waals surface area (Å²) >= 11 is 19.3. The Kier molecular flexibility index (Phi) is 11.0. The van der Waals surface area contributed by atoms with Gasteiger partial charge in [0, 0.05) is 12.6 Å². The lowest BCUT2D eigenvalue weighted by molar-refractivity contribution is 0.00920. The van der Waals surface area contributed by atoms with Crippen molar-refractivity contribution < 1.29 is 24.4 Å². The molecule has 35 heavy (non-hydrogen) atoms. The van der Waals surface area contributed by atoms with Crippen LogP contribution in [0.1, 0.15) is 5.69 Å². The van der Waals surface area contributed by atoms with Crippen LogP contribution in [-0.4, -0.2) is 72.6 Å². The van der Waals surface area contributed by atoms with Crippen LogP contribution >= 0.6 is 34.8 Å². The summed E-state index contributed by atoms with van der Waals surface area (Å²) in [5, 5.41) is 22.8. The van der Waals surface area contributed by atoms with Crippen molar-refractivity contribution in [3.05, 3.63) is 61.4 Å². The number of nitrogens with one attached hydrogen (secondary N) is 1. The maximum atomic E-state index is 13.0. The Bertz CT molecular complexity index is 1170. The van der Waals surface area contributed by atoms with Gasteiger partial charge < -0.3 is 34.3 Å². The Morgan fingerprint density at radius 2 is 1.54 bits per heavy atom. The number of hydrogen-bond donors (Lipinski definition) is 3. The molecule has 0 radical (unpaired) electrons. The number of anilines is 1. The van der Waals surface area contributed by atoms with Crippen molar-refractivity contribution in [1.29, 1.82) is 0 Å². The van der Waals surface area contributed by atoms with E-state index in [0.717, 1.165) is 0 Å². The molecule has 0 fully saturated rings. The highest BCUT2D eigenvalue weighted by Crippen LogP contribution is 2.35. The van der Waals surface area contributed by atoms with Gasteiger partial charge >= 0.3 is 0 Å². The highest BCUT2D eigenvalue weighted by molar-refractivity contribution is 6.38. The SMILES string of the molecule is O=c1cc(CO)n(-c2c(Cl)cccc2Cl)c2c(Cl)cnc(NCCOCCOCCOCCO)c12. The average Bonchev–Trinajstić information content (AvgIpc) is 2.84. The number of fused-ring (bicyclic) bond motifs is 1. The largest absolute Gasteiger partial charge is 0.394 e. The van der Waals surface area contributed by atoms with Crippen LogP contribution in [-0.2, 0) is 20.8 Å². The van der Waals surface area contributed by atoms with E-state index in [4.69, 9.17) is 54.1 Å². The van der Waals surface area contributed by atoms with E-state index < -0.39 is 6.61 Å². The molecule has 0 aliphatic rings.